The molecule has 1 aromatic carbocycles. The number of carbonyl (C=O) groups excluding carboxylic acids is 1. The molecule has 2 atom stereocenters. The molecule has 1 N–H and O–H groups in total. The Balaban J connectivity index is 1.77. The van der Waals surface area contributed by atoms with Crippen LogP contribution in [0.15, 0.2) is 48.2 Å². The van der Waals surface area contributed by atoms with Gasteiger partial charge in [-0.25, -0.2) is 9.97 Å². The number of hydrogen-bond donors (Lipinski definition) is 1. The third-order valence-electron chi connectivity index (χ3n) is 4.91. The average Bonchev–Trinajstić information content (AvgIpc) is 3.07. The topological polar surface area (TPSA) is 54.9 Å². The number of carbonyl (C=O) groups is 1. The van der Waals surface area contributed by atoms with Crippen LogP contribution in [0.3, 0.4) is 0 Å². The summed E-state index contributed by atoms with van der Waals surface area (Å²) in [6.45, 7) is 10.3. The summed E-state index contributed by atoms with van der Waals surface area (Å²) in [5.41, 5.74) is 3.91. The number of benzene rings is 1. The maximum atomic E-state index is 12.7. The Kier molecular flexibility index (Phi) is 4.46. The second kappa shape index (κ2) is 6.43. The first-order valence-corrected chi connectivity index (χ1v) is 8.65. The molecule has 25 heavy (non-hydrogen) atoms. The summed E-state index contributed by atoms with van der Waals surface area (Å²) in [4.78, 5) is 21.3. The minimum Gasteiger partial charge on any atom is -0.326 e. The van der Waals surface area contributed by atoms with E-state index >= 15 is 0 Å². The van der Waals surface area contributed by atoms with Crippen LogP contribution in [0.2, 0.25) is 0 Å². The Morgan fingerprint density at radius 3 is 2.68 bits per heavy atom. The molecule has 1 heterocycles. The predicted octanol–water partition coefficient (Wildman–Crippen LogP) is 4.63. The molecule has 2 aromatic rings. The molecule has 130 valence electrons. The minimum absolute atomic E-state index is 0.0166. The van der Waals surface area contributed by atoms with Gasteiger partial charge in [-0.1, -0.05) is 37.6 Å². The highest BCUT2D eigenvalue weighted by Gasteiger charge is 2.60. The molecule has 4 heteroatoms. The molecular formula is C21H25N3O. The van der Waals surface area contributed by atoms with Gasteiger partial charge in [0.25, 0.3) is 0 Å². The minimum atomic E-state index is 0.0166. The summed E-state index contributed by atoms with van der Waals surface area (Å²) in [5.74, 6) is 1.15. The van der Waals surface area contributed by atoms with Crippen LogP contribution >= 0.6 is 0 Å². The molecule has 1 aliphatic carbocycles. The fraction of sp³-hybridized carbons (Fsp3) is 0.381. The van der Waals surface area contributed by atoms with Gasteiger partial charge in [-0.05, 0) is 50.3 Å². The van der Waals surface area contributed by atoms with Crippen molar-refractivity contribution in [3.05, 3.63) is 54.0 Å². The van der Waals surface area contributed by atoms with E-state index in [0.29, 0.717) is 5.92 Å². The monoisotopic (exact) mass is 335 g/mol. The van der Waals surface area contributed by atoms with Gasteiger partial charge in [0.2, 0.25) is 5.91 Å². The highest BCUT2D eigenvalue weighted by molar-refractivity contribution is 5.96. The molecule has 1 saturated carbocycles. The van der Waals surface area contributed by atoms with Crippen molar-refractivity contribution in [1.29, 1.82) is 0 Å². The Labute approximate surface area is 149 Å². The molecule has 4 nitrogen and oxygen atoms in total. The number of rotatable bonds is 4. The van der Waals surface area contributed by atoms with Gasteiger partial charge < -0.3 is 5.32 Å². The second-order valence-electron chi connectivity index (χ2n) is 7.63. The van der Waals surface area contributed by atoms with Gasteiger partial charge in [-0.2, -0.15) is 0 Å². The molecule has 0 aliphatic heterocycles. The van der Waals surface area contributed by atoms with Crippen LogP contribution in [-0.2, 0) is 4.79 Å². The fourth-order valence-corrected chi connectivity index (χ4v) is 3.44. The van der Waals surface area contributed by atoms with Crippen LogP contribution in [0.1, 0.15) is 33.5 Å². The normalized spacial score (nSPS) is 20.7. The molecule has 1 aromatic heterocycles. The van der Waals surface area contributed by atoms with E-state index in [0.717, 1.165) is 22.8 Å². The number of aromatic nitrogens is 2. The molecular weight excluding hydrogens is 310 g/mol. The smallest absolute Gasteiger partial charge is 0.228 e. The lowest BCUT2D eigenvalue weighted by molar-refractivity contribution is -0.118. The van der Waals surface area contributed by atoms with E-state index < -0.39 is 0 Å². The second-order valence-corrected chi connectivity index (χ2v) is 7.63. The number of anilines is 1. The van der Waals surface area contributed by atoms with Crippen molar-refractivity contribution in [1.82, 2.24) is 9.97 Å². The molecule has 0 saturated heterocycles. The van der Waals surface area contributed by atoms with Crippen molar-refractivity contribution in [3.8, 4) is 11.3 Å². The SMILES string of the molecule is CC(C)=C[C@H]1[C@H](C(=O)Nc2cccc(-c3ccnc(C)n3)c2)C1(C)C. The third kappa shape index (κ3) is 3.63. The van der Waals surface area contributed by atoms with Crippen molar-refractivity contribution in [2.45, 2.75) is 34.6 Å². The Morgan fingerprint density at radius 2 is 2.00 bits per heavy atom. The summed E-state index contributed by atoms with van der Waals surface area (Å²) in [7, 11) is 0. The first-order chi connectivity index (χ1) is 11.8. The third-order valence-corrected chi connectivity index (χ3v) is 4.91. The number of hydrogen-bond acceptors (Lipinski definition) is 3. The van der Waals surface area contributed by atoms with Crippen molar-refractivity contribution in [3.63, 3.8) is 0 Å². The predicted molar refractivity (Wildman–Crippen MR) is 101 cm³/mol. The van der Waals surface area contributed by atoms with Crippen LogP contribution in [0.25, 0.3) is 11.3 Å². The van der Waals surface area contributed by atoms with Gasteiger partial charge in [-0.3, -0.25) is 4.79 Å². The Morgan fingerprint density at radius 1 is 1.24 bits per heavy atom. The number of allylic oxidation sites excluding steroid dienone is 2. The van der Waals surface area contributed by atoms with Crippen molar-refractivity contribution < 1.29 is 4.79 Å². The maximum absolute atomic E-state index is 12.7. The van der Waals surface area contributed by atoms with E-state index in [1.807, 2.05) is 37.3 Å². The van der Waals surface area contributed by atoms with E-state index in [9.17, 15) is 4.79 Å². The first-order valence-electron chi connectivity index (χ1n) is 8.65. The summed E-state index contributed by atoms with van der Waals surface area (Å²) >= 11 is 0. The zero-order valence-corrected chi connectivity index (χ0v) is 15.5. The zero-order valence-electron chi connectivity index (χ0n) is 15.5. The van der Waals surface area contributed by atoms with Crippen LogP contribution < -0.4 is 5.32 Å². The van der Waals surface area contributed by atoms with Crippen LogP contribution in [-0.4, -0.2) is 15.9 Å². The molecule has 0 bridgehead atoms. The van der Waals surface area contributed by atoms with Crippen molar-refractivity contribution in [2.75, 3.05) is 5.32 Å². The van der Waals surface area contributed by atoms with E-state index in [1.165, 1.54) is 5.57 Å². The van der Waals surface area contributed by atoms with Gasteiger partial charge in [0, 0.05) is 17.4 Å². The Hall–Kier alpha value is -2.49. The first kappa shape index (κ1) is 17.3. The quantitative estimate of drug-likeness (QED) is 0.829. The largest absolute Gasteiger partial charge is 0.326 e. The van der Waals surface area contributed by atoms with Crippen LogP contribution in [0.4, 0.5) is 5.69 Å². The van der Waals surface area contributed by atoms with E-state index in [4.69, 9.17) is 0 Å². The van der Waals surface area contributed by atoms with E-state index in [2.05, 4.69) is 49.1 Å². The molecule has 0 spiro atoms. The standard InChI is InChI=1S/C21H25N3O/c1-13(2)11-17-19(21(17,4)5)20(25)24-16-8-6-7-15(12-16)18-9-10-22-14(3)23-18/h6-12,17,19H,1-5H3,(H,24,25)/t17-,19+/m0/s1. The summed E-state index contributed by atoms with van der Waals surface area (Å²) in [6, 6.07) is 9.69. The number of nitrogens with zero attached hydrogens (tertiary/aromatic N) is 2. The average molecular weight is 335 g/mol. The van der Waals surface area contributed by atoms with Gasteiger partial charge in [0.1, 0.15) is 5.82 Å². The fourth-order valence-electron chi connectivity index (χ4n) is 3.44. The molecule has 1 amide bonds. The zero-order chi connectivity index (χ0) is 18.2. The lowest BCUT2D eigenvalue weighted by Gasteiger charge is -2.08. The number of nitrogens with one attached hydrogen (secondary N) is 1. The van der Waals surface area contributed by atoms with Gasteiger partial charge in [-0.15, -0.1) is 0 Å². The summed E-state index contributed by atoms with van der Waals surface area (Å²) < 4.78 is 0. The Bertz CT molecular complexity index is 835. The van der Waals surface area contributed by atoms with Crippen LogP contribution in [0.5, 0.6) is 0 Å². The summed E-state index contributed by atoms with van der Waals surface area (Å²) in [5, 5.41) is 3.08. The van der Waals surface area contributed by atoms with E-state index in [1.54, 1.807) is 6.20 Å². The van der Waals surface area contributed by atoms with Crippen LogP contribution in [0, 0.1) is 24.2 Å². The highest BCUT2D eigenvalue weighted by Crippen LogP contribution is 2.59. The number of amides is 1. The highest BCUT2D eigenvalue weighted by atomic mass is 16.2. The van der Waals surface area contributed by atoms with Crippen molar-refractivity contribution in [2.24, 2.45) is 17.3 Å². The molecule has 1 aliphatic rings. The van der Waals surface area contributed by atoms with Gasteiger partial charge in [0.15, 0.2) is 0 Å². The van der Waals surface area contributed by atoms with Crippen molar-refractivity contribution >= 4 is 11.6 Å². The number of aryl methyl sites for hydroxylation is 1. The van der Waals surface area contributed by atoms with Gasteiger partial charge in [0.05, 0.1) is 11.6 Å². The molecule has 1 fully saturated rings. The maximum Gasteiger partial charge on any atom is 0.228 e. The lowest BCUT2D eigenvalue weighted by Crippen LogP contribution is -2.16. The molecule has 3 rings (SSSR count). The molecule has 0 radical (unpaired) electrons. The van der Waals surface area contributed by atoms with E-state index in [-0.39, 0.29) is 17.2 Å². The lowest BCUT2D eigenvalue weighted by atomic mass is 10.1. The summed E-state index contributed by atoms with van der Waals surface area (Å²) in [6.07, 6.45) is 3.96. The van der Waals surface area contributed by atoms with Gasteiger partial charge >= 0.3 is 0 Å². The molecule has 0 unspecified atom stereocenters.